The summed E-state index contributed by atoms with van der Waals surface area (Å²) in [7, 11) is 3.79. The zero-order valence-corrected chi connectivity index (χ0v) is 17.4. The van der Waals surface area contributed by atoms with Gasteiger partial charge >= 0.3 is 0 Å². The van der Waals surface area contributed by atoms with E-state index in [9.17, 15) is 4.79 Å². The summed E-state index contributed by atoms with van der Waals surface area (Å²) < 4.78 is 1.91. The molecule has 1 heterocycles. The van der Waals surface area contributed by atoms with Gasteiger partial charge in [0, 0.05) is 20.6 Å². The Hall–Kier alpha value is -1.50. The molecule has 2 aromatic rings. The summed E-state index contributed by atoms with van der Waals surface area (Å²) in [6, 6.07) is 12.0. The number of aromatic nitrogens is 2. The smallest absolute Gasteiger partial charge is 0.239 e. The van der Waals surface area contributed by atoms with Crippen molar-refractivity contribution in [1.29, 1.82) is 0 Å². The molecular weight excluding hydrogens is 368 g/mol. The van der Waals surface area contributed by atoms with Crippen molar-refractivity contribution in [2.75, 3.05) is 25.6 Å². The summed E-state index contributed by atoms with van der Waals surface area (Å²) in [5.74, 6) is 0.941. The Morgan fingerprint density at radius 1 is 1.35 bits per heavy atom. The predicted octanol–water partition coefficient (Wildman–Crippen LogP) is 2.98. The predicted molar refractivity (Wildman–Crippen MR) is 113 cm³/mol. The van der Waals surface area contributed by atoms with Crippen LogP contribution in [0.5, 0.6) is 0 Å². The quantitative estimate of drug-likeness (QED) is 0.707. The van der Waals surface area contributed by atoms with Gasteiger partial charge in [0.05, 0.1) is 17.4 Å². The van der Waals surface area contributed by atoms with Crippen LogP contribution in [-0.2, 0) is 18.3 Å². The van der Waals surface area contributed by atoms with E-state index in [-0.39, 0.29) is 18.3 Å². The van der Waals surface area contributed by atoms with Crippen LogP contribution < -0.4 is 5.73 Å². The number of halogens is 1. The number of amides is 1. The minimum Gasteiger partial charge on any atom is -0.344 e. The lowest BCUT2D eigenvalue weighted by atomic mass is 10.1. The Kier molecular flexibility index (Phi) is 9.76. The van der Waals surface area contributed by atoms with Crippen LogP contribution in [-0.4, -0.2) is 52.2 Å². The van der Waals surface area contributed by atoms with Gasteiger partial charge in [0.2, 0.25) is 5.91 Å². The Morgan fingerprint density at radius 3 is 2.69 bits per heavy atom. The van der Waals surface area contributed by atoms with Crippen LogP contribution >= 0.6 is 24.2 Å². The standard InChI is InChI=1S/C19H28N4OS.ClH/c1-22(19(24)17(20)11-13-25-3)12-7-10-16-14-18(23(2)21-16)15-8-5-4-6-9-15;/h4-6,8-9,14,17H,7,10-13,20H2,1-3H3;1H. The second-order valence-corrected chi connectivity index (χ2v) is 7.25. The molecule has 0 bridgehead atoms. The average Bonchev–Trinajstić information content (AvgIpc) is 3.00. The molecule has 0 saturated carbocycles. The molecule has 0 spiro atoms. The molecule has 0 fully saturated rings. The summed E-state index contributed by atoms with van der Waals surface area (Å²) in [5, 5.41) is 4.59. The monoisotopic (exact) mass is 396 g/mol. The largest absolute Gasteiger partial charge is 0.344 e. The van der Waals surface area contributed by atoms with Crippen LogP contribution in [0.15, 0.2) is 36.4 Å². The number of thioether (sulfide) groups is 1. The Morgan fingerprint density at radius 2 is 2.04 bits per heavy atom. The Bertz CT molecular complexity index is 677. The van der Waals surface area contributed by atoms with Gasteiger partial charge in [-0.25, -0.2) is 0 Å². The minimum absolute atomic E-state index is 0. The molecule has 1 aromatic carbocycles. The van der Waals surface area contributed by atoms with E-state index in [4.69, 9.17) is 5.73 Å². The van der Waals surface area contributed by atoms with Crippen molar-refractivity contribution in [3.05, 3.63) is 42.1 Å². The van der Waals surface area contributed by atoms with Gasteiger partial charge in [-0.2, -0.15) is 16.9 Å². The summed E-state index contributed by atoms with van der Waals surface area (Å²) in [6.07, 6.45) is 4.48. The lowest BCUT2D eigenvalue weighted by Crippen LogP contribution is -2.42. The zero-order chi connectivity index (χ0) is 18.2. The van der Waals surface area contributed by atoms with Gasteiger partial charge in [0.25, 0.3) is 0 Å². The number of aryl methyl sites for hydroxylation is 2. The van der Waals surface area contributed by atoms with E-state index in [1.807, 2.05) is 43.2 Å². The first kappa shape index (κ1) is 22.5. The van der Waals surface area contributed by atoms with Crippen LogP contribution in [0.2, 0.25) is 0 Å². The van der Waals surface area contributed by atoms with Gasteiger partial charge in [-0.15, -0.1) is 12.4 Å². The minimum atomic E-state index is -0.392. The number of carbonyl (C=O) groups is 1. The van der Waals surface area contributed by atoms with Crippen molar-refractivity contribution >= 4 is 30.1 Å². The molecular formula is C19H29ClN4OS. The van der Waals surface area contributed by atoms with E-state index in [0.717, 1.165) is 42.0 Å². The van der Waals surface area contributed by atoms with Crippen LogP contribution in [0, 0.1) is 0 Å². The molecule has 0 aliphatic carbocycles. The molecule has 5 nitrogen and oxygen atoms in total. The lowest BCUT2D eigenvalue weighted by Gasteiger charge is -2.21. The van der Waals surface area contributed by atoms with Crippen LogP contribution in [0.4, 0.5) is 0 Å². The van der Waals surface area contributed by atoms with Crippen molar-refractivity contribution in [2.24, 2.45) is 12.8 Å². The summed E-state index contributed by atoms with van der Waals surface area (Å²) in [6.45, 7) is 0.697. The first-order valence-corrected chi connectivity index (χ1v) is 10.00. The Labute approximate surface area is 166 Å². The van der Waals surface area contributed by atoms with Gasteiger partial charge in [-0.05, 0) is 42.9 Å². The Balaban J connectivity index is 0.00000338. The van der Waals surface area contributed by atoms with E-state index < -0.39 is 6.04 Å². The molecule has 144 valence electrons. The summed E-state index contributed by atoms with van der Waals surface area (Å²) in [4.78, 5) is 13.9. The maximum absolute atomic E-state index is 12.2. The molecule has 26 heavy (non-hydrogen) atoms. The SMILES string of the molecule is CSCCC(N)C(=O)N(C)CCCc1cc(-c2ccccc2)n(C)n1.Cl. The highest BCUT2D eigenvalue weighted by atomic mass is 35.5. The number of rotatable bonds is 9. The molecule has 0 radical (unpaired) electrons. The maximum Gasteiger partial charge on any atom is 0.239 e. The molecule has 2 N–H and O–H groups in total. The number of carbonyl (C=O) groups excluding carboxylic acids is 1. The van der Waals surface area contributed by atoms with Gasteiger partial charge in [0.1, 0.15) is 0 Å². The first-order valence-electron chi connectivity index (χ1n) is 8.60. The third-order valence-corrected chi connectivity index (χ3v) is 4.90. The van der Waals surface area contributed by atoms with E-state index >= 15 is 0 Å². The van der Waals surface area contributed by atoms with Gasteiger partial charge in [0.15, 0.2) is 0 Å². The van der Waals surface area contributed by atoms with Crippen molar-refractivity contribution < 1.29 is 4.79 Å². The van der Waals surface area contributed by atoms with E-state index in [1.54, 1.807) is 16.7 Å². The third kappa shape index (κ3) is 6.34. The van der Waals surface area contributed by atoms with Crippen LogP contribution in [0.25, 0.3) is 11.3 Å². The highest BCUT2D eigenvalue weighted by Crippen LogP contribution is 2.20. The highest BCUT2D eigenvalue weighted by Gasteiger charge is 2.17. The van der Waals surface area contributed by atoms with Crippen molar-refractivity contribution in [1.82, 2.24) is 14.7 Å². The molecule has 0 saturated heterocycles. The van der Waals surface area contributed by atoms with Crippen molar-refractivity contribution in [3.8, 4) is 11.3 Å². The molecule has 0 aliphatic rings. The number of benzene rings is 1. The number of nitrogens with zero attached hydrogens (tertiary/aromatic N) is 3. The summed E-state index contributed by atoms with van der Waals surface area (Å²) >= 11 is 1.71. The summed E-state index contributed by atoms with van der Waals surface area (Å²) in [5.41, 5.74) is 9.28. The maximum atomic E-state index is 12.2. The van der Waals surface area contributed by atoms with E-state index in [0.29, 0.717) is 6.54 Å². The van der Waals surface area contributed by atoms with Crippen molar-refractivity contribution in [2.45, 2.75) is 25.3 Å². The van der Waals surface area contributed by atoms with Crippen LogP contribution in [0.1, 0.15) is 18.5 Å². The molecule has 7 heteroatoms. The number of hydrogen-bond donors (Lipinski definition) is 1. The van der Waals surface area contributed by atoms with E-state index in [1.165, 1.54) is 0 Å². The normalized spacial score (nSPS) is 11.7. The average molecular weight is 397 g/mol. The third-order valence-electron chi connectivity index (χ3n) is 4.25. The van der Waals surface area contributed by atoms with Gasteiger partial charge < -0.3 is 10.6 Å². The molecule has 0 aliphatic heterocycles. The number of nitrogens with two attached hydrogens (primary N) is 1. The van der Waals surface area contributed by atoms with E-state index in [2.05, 4.69) is 23.3 Å². The fourth-order valence-corrected chi connectivity index (χ4v) is 3.28. The second kappa shape index (κ2) is 11.3. The number of hydrogen-bond acceptors (Lipinski definition) is 4. The van der Waals surface area contributed by atoms with Crippen LogP contribution in [0.3, 0.4) is 0 Å². The lowest BCUT2D eigenvalue weighted by molar-refractivity contribution is -0.131. The second-order valence-electron chi connectivity index (χ2n) is 6.26. The molecule has 1 amide bonds. The first-order chi connectivity index (χ1) is 12.0. The zero-order valence-electron chi connectivity index (χ0n) is 15.7. The molecule has 2 rings (SSSR count). The fraction of sp³-hybridized carbons (Fsp3) is 0.474. The van der Waals surface area contributed by atoms with Gasteiger partial charge in [-0.3, -0.25) is 9.48 Å². The fourth-order valence-electron chi connectivity index (χ4n) is 2.79. The highest BCUT2D eigenvalue weighted by molar-refractivity contribution is 7.98. The van der Waals surface area contributed by atoms with Crippen molar-refractivity contribution in [3.63, 3.8) is 0 Å². The molecule has 1 unspecified atom stereocenters. The van der Waals surface area contributed by atoms with Gasteiger partial charge in [-0.1, -0.05) is 30.3 Å². The molecule has 1 aromatic heterocycles. The molecule has 1 atom stereocenters. The topological polar surface area (TPSA) is 64.2 Å². The number of likely N-dealkylation sites (N-methyl/N-ethyl adjacent to an activating group) is 1.